The van der Waals surface area contributed by atoms with Crippen molar-refractivity contribution >= 4 is 11.5 Å². The van der Waals surface area contributed by atoms with Gasteiger partial charge in [0.2, 0.25) is 0 Å². The van der Waals surface area contributed by atoms with Crippen molar-refractivity contribution in [2.45, 2.75) is 6.92 Å². The van der Waals surface area contributed by atoms with Crippen LogP contribution in [0.15, 0.2) is 24.3 Å². The number of methoxy groups -OCH3 is 1. The lowest BCUT2D eigenvalue weighted by atomic mass is 10.0. The molecule has 2 rings (SSSR count). The van der Waals surface area contributed by atoms with Gasteiger partial charge < -0.3 is 14.2 Å². The van der Waals surface area contributed by atoms with E-state index in [1.165, 1.54) is 6.92 Å². The summed E-state index contributed by atoms with van der Waals surface area (Å²) in [7, 11) is 1.61. The van der Waals surface area contributed by atoms with Crippen LogP contribution in [0, 0.1) is 0 Å². The van der Waals surface area contributed by atoms with Gasteiger partial charge in [0.1, 0.15) is 24.7 Å². The van der Waals surface area contributed by atoms with Crippen LogP contribution in [0.4, 0.5) is 0 Å². The number of fused-ring (bicyclic) bond motifs is 1. The lowest BCUT2D eigenvalue weighted by Gasteiger charge is -2.19. The number of esters is 1. The van der Waals surface area contributed by atoms with E-state index < -0.39 is 0 Å². The maximum atomic E-state index is 10.8. The lowest BCUT2D eigenvalue weighted by molar-refractivity contribution is -0.139. The molecule has 1 aliphatic heterocycles. The zero-order valence-electron chi connectivity index (χ0n) is 9.86. The topological polar surface area (TPSA) is 44.8 Å². The Morgan fingerprint density at radius 3 is 3.00 bits per heavy atom. The third-order valence-electron chi connectivity index (χ3n) is 2.53. The molecule has 1 aromatic rings. The molecule has 0 saturated carbocycles. The fraction of sp³-hybridized carbons (Fsp3) is 0.308. The van der Waals surface area contributed by atoms with Gasteiger partial charge in [-0.15, -0.1) is 0 Å². The second kappa shape index (κ2) is 4.91. The third-order valence-corrected chi connectivity index (χ3v) is 2.53. The smallest absolute Gasteiger partial charge is 0.302 e. The summed E-state index contributed by atoms with van der Waals surface area (Å²) in [4.78, 5) is 10.8. The predicted octanol–water partition coefficient (Wildman–Crippen LogP) is 2.03. The van der Waals surface area contributed by atoms with Crippen molar-refractivity contribution in [1.29, 1.82) is 0 Å². The molecule has 17 heavy (non-hydrogen) atoms. The molecule has 0 saturated heterocycles. The highest BCUT2D eigenvalue weighted by Gasteiger charge is 2.15. The minimum absolute atomic E-state index is 0.263. The number of hydrogen-bond acceptors (Lipinski definition) is 4. The molecule has 90 valence electrons. The number of carbonyl (C=O) groups is 1. The normalized spacial score (nSPS) is 13.2. The molecule has 0 aliphatic carbocycles. The Balaban J connectivity index is 2.25. The highest BCUT2D eigenvalue weighted by molar-refractivity contribution is 5.76. The number of ether oxygens (including phenoxy) is 3. The van der Waals surface area contributed by atoms with Crippen LogP contribution < -0.4 is 9.47 Å². The summed E-state index contributed by atoms with van der Waals surface area (Å²) >= 11 is 0. The standard InChI is InChI=1S/C13H14O4/c1-9(14)17-8-10-5-6-16-13-4-3-11(15-2)7-12(10)13/h3-5,7H,6,8H2,1-2H3. The molecular formula is C13H14O4. The van der Waals surface area contributed by atoms with E-state index in [1.807, 2.05) is 24.3 Å². The molecule has 0 fully saturated rings. The largest absolute Gasteiger partial charge is 0.497 e. The fourth-order valence-corrected chi connectivity index (χ4v) is 1.67. The Labute approximate surface area is 99.8 Å². The minimum Gasteiger partial charge on any atom is -0.497 e. The van der Waals surface area contributed by atoms with Crippen molar-refractivity contribution in [3.63, 3.8) is 0 Å². The van der Waals surface area contributed by atoms with Crippen LogP contribution in [0.2, 0.25) is 0 Å². The summed E-state index contributed by atoms with van der Waals surface area (Å²) in [6.45, 7) is 2.15. The molecule has 0 aromatic heterocycles. The maximum Gasteiger partial charge on any atom is 0.302 e. The first-order valence-electron chi connectivity index (χ1n) is 5.34. The van der Waals surface area contributed by atoms with Crippen LogP contribution in [-0.4, -0.2) is 26.3 Å². The molecule has 4 heteroatoms. The van der Waals surface area contributed by atoms with Crippen LogP contribution in [0.1, 0.15) is 12.5 Å². The van der Waals surface area contributed by atoms with Gasteiger partial charge in [-0.25, -0.2) is 0 Å². The average molecular weight is 234 g/mol. The Kier molecular flexibility index (Phi) is 3.32. The molecule has 0 bridgehead atoms. The van der Waals surface area contributed by atoms with Gasteiger partial charge in [-0.2, -0.15) is 0 Å². The molecule has 1 heterocycles. The van der Waals surface area contributed by atoms with Gasteiger partial charge in [-0.05, 0) is 29.8 Å². The van der Waals surface area contributed by atoms with Gasteiger partial charge in [-0.3, -0.25) is 4.79 Å². The number of carbonyl (C=O) groups excluding carboxylic acids is 1. The second-order valence-corrected chi connectivity index (χ2v) is 3.68. The molecule has 0 atom stereocenters. The van der Waals surface area contributed by atoms with Crippen molar-refractivity contribution in [3.05, 3.63) is 29.8 Å². The van der Waals surface area contributed by atoms with Gasteiger partial charge in [-0.1, -0.05) is 0 Å². The van der Waals surface area contributed by atoms with Crippen molar-refractivity contribution in [3.8, 4) is 11.5 Å². The highest BCUT2D eigenvalue weighted by atomic mass is 16.5. The first-order valence-corrected chi connectivity index (χ1v) is 5.34. The molecule has 4 nitrogen and oxygen atoms in total. The van der Waals surface area contributed by atoms with Crippen molar-refractivity contribution in [2.24, 2.45) is 0 Å². The zero-order chi connectivity index (χ0) is 12.3. The first-order chi connectivity index (χ1) is 8.20. The first kappa shape index (κ1) is 11.5. The summed E-state index contributed by atoms with van der Waals surface area (Å²) in [6.07, 6.45) is 1.91. The van der Waals surface area contributed by atoms with Crippen molar-refractivity contribution < 1.29 is 19.0 Å². The summed E-state index contributed by atoms with van der Waals surface area (Å²) in [5.74, 6) is 1.25. The van der Waals surface area contributed by atoms with Gasteiger partial charge in [0.05, 0.1) is 7.11 Å². The van der Waals surface area contributed by atoms with Crippen LogP contribution in [0.3, 0.4) is 0 Å². The predicted molar refractivity (Wildman–Crippen MR) is 63.1 cm³/mol. The van der Waals surface area contributed by atoms with Crippen LogP contribution in [-0.2, 0) is 9.53 Å². The van der Waals surface area contributed by atoms with Crippen LogP contribution >= 0.6 is 0 Å². The lowest BCUT2D eigenvalue weighted by Crippen LogP contribution is -2.10. The van der Waals surface area contributed by atoms with E-state index in [0.717, 1.165) is 22.6 Å². The summed E-state index contributed by atoms with van der Waals surface area (Å²) in [5.41, 5.74) is 1.86. The Hall–Kier alpha value is -1.97. The van der Waals surface area contributed by atoms with Gasteiger partial charge in [0, 0.05) is 12.5 Å². The highest BCUT2D eigenvalue weighted by Crippen LogP contribution is 2.33. The Morgan fingerprint density at radius 2 is 2.29 bits per heavy atom. The van der Waals surface area contributed by atoms with E-state index >= 15 is 0 Å². The molecule has 0 spiro atoms. The van der Waals surface area contributed by atoms with Gasteiger partial charge >= 0.3 is 5.97 Å². The van der Waals surface area contributed by atoms with E-state index in [9.17, 15) is 4.79 Å². The van der Waals surface area contributed by atoms with E-state index in [2.05, 4.69) is 0 Å². The van der Waals surface area contributed by atoms with Crippen molar-refractivity contribution in [2.75, 3.05) is 20.3 Å². The molecule has 0 radical (unpaired) electrons. The van der Waals surface area contributed by atoms with E-state index in [4.69, 9.17) is 14.2 Å². The van der Waals surface area contributed by atoms with E-state index in [-0.39, 0.29) is 12.6 Å². The number of rotatable bonds is 3. The monoisotopic (exact) mass is 234 g/mol. The molecule has 0 amide bonds. The summed E-state index contributed by atoms with van der Waals surface area (Å²) in [6, 6.07) is 5.58. The fourth-order valence-electron chi connectivity index (χ4n) is 1.67. The quantitative estimate of drug-likeness (QED) is 0.751. The molecule has 1 aromatic carbocycles. The Bertz CT molecular complexity index is 462. The minimum atomic E-state index is -0.290. The third kappa shape index (κ3) is 2.58. The zero-order valence-corrected chi connectivity index (χ0v) is 9.86. The molecule has 0 unspecified atom stereocenters. The number of benzene rings is 1. The van der Waals surface area contributed by atoms with E-state index in [0.29, 0.717) is 6.61 Å². The van der Waals surface area contributed by atoms with Gasteiger partial charge in [0.25, 0.3) is 0 Å². The molecule has 0 N–H and O–H groups in total. The summed E-state index contributed by atoms with van der Waals surface area (Å²) in [5, 5.41) is 0. The van der Waals surface area contributed by atoms with Crippen molar-refractivity contribution in [1.82, 2.24) is 0 Å². The second-order valence-electron chi connectivity index (χ2n) is 3.68. The molecular weight excluding hydrogens is 220 g/mol. The summed E-state index contributed by atoms with van der Waals surface area (Å²) < 4.78 is 15.7. The van der Waals surface area contributed by atoms with Gasteiger partial charge in [0.15, 0.2) is 0 Å². The number of hydrogen-bond donors (Lipinski definition) is 0. The van der Waals surface area contributed by atoms with E-state index in [1.54, 1.807) is 7.11 Å². The van der Waals surface area contributed by atoms with Crippen LogP contribution in [0.5, 0.6) is 11.5 Å². The SMILES string of the molecule is COc1ccc2c(c1)C(COC(C)=O)=CCO2. The molecule has 1 aliphatic rings. The van der Waals surface area contributed by atoms with Crippen LogP contribution in [0.25, 0.3) is 5.57 Å². The maximum absolute atomic E-state index is 10.8. The average Bonchev–Trinajstić information content (AvgIpc) is 2.35. The Morgan fingerprint density at radius 1 is 1.47 bits per heavy atom.